The fourth-order valence-electron chi connectivity index (χ4n) is 0.568. The van der Waals surface area contributed by atoms with E-state index in [0.717, 1.165) is 6.42 Å². The van der Waals surface area contributed by atoms with Crippen LogP contribution in [0.2, 0.25) is 0 Å². The highest BCUT2D eigenvalue weighted by Gasteiger charge is 1.87. The molecule has 0 saturated heterocycles. The molecule has 9 heavy (non-hydrogen) atoms. The average molecular weight is 147 g/mol. The van der Waals surface area contributed by atoms with E-state index in [4.69, 9.17) is 11.6 Å². The van der Waals surface area contributed by atoms with Crippen molar-refractivity contribution < 1.29 is 0 Å². The fourth-order valence-corrected chi connectivity index (χ4v) is 0.671. The van der Waals surface area contributed by atoms with Gasteiger partial charge in [0.2, 0.25) is 0 Å². The maximum Gasteiger partial charge on any atom is 0.0342 e. The lowest BCUT2D eigenvalue weighted by Crippen LogP contribution is -1.84. The zero-order valence-electron chi connectivity index (χ0n) is 6.23. The predicted molar refractivity (Wildman–Crippen MR) is 44.0 cm³/mol. The summed E-state index contributed by atoms with van der Waals surface area (Å²) in [4.78, 5) is 0. The summed E-state index contributed by atoms with van der Waals surface area (Å²) in [6.45, 7) is 4.19. The number of alkyl halides is 1. The third kappa shape index (κ3) is 8.03. The zero-order valence-corrected chi connectivity index (χ0v) is 6.99. The van der Waals surface area contributed by atoms with Gasteiger partial charge in [0.15, 0.2) is 0 Å². The second kappa shape index (κ2) is 6.15. The summed E-state index contributed by atoms with van der Waals surface area (Å²) < 4.78 is 0. The molecule has 1 atom stereocenters. The van der Waals surface area contributed by atoms with Gasteiger partial charge < -0.3 is 0 Å². The van der Waals surface area contributed by atoms with Gasteiger partial charge >= 0.3 is 0 Å². The lowest BCUT2D eigenvalue weighted by atomic mass is 10.2. The van der Waals surface area contributed by atoms with Crippen LogP contribution in [0.3, 0.4) is 0 Å². The molecule has 0 saturated carbocycles. The molecule has 0 aromatic heterocycles. The first-order chi connectivity index (χ1) is 4.27. The van der Waals surface area contributed by atoms with E-state index in [2.05, 4.69) is 19.1 Å². The topological polar surface area (TPSA) is 0 Å². The Hall–Kier alpha value is 0.0300. The normalized spacial score (nSPS) is 14.6. The van der Waals surface area contributed by atoms with Crippen LogP contribution in [0.5, 0.6) is 0 Å². The van der Waals surface area contributed by atoms with E-state index in [-0.39, 0.29) is 5.38 Å². The van der Waals surface area contributed by atoms with E-state index in [0.29, 0.717) is 0 Å². The Morgan fingerprint density at radius 1 is 1.44 bits per heavy atom. The standard InChI is InChI=1S/C8H15Cl/c1-3-4-5-6-7-8(2)9/h5-6,8H,3-4,7H2,1-2H3/b6-5+. The van der Waals surface area contributed by atoms with Gasteiger partial charge in [-0.3, -0.25) is 0 Å². The van der Waals surface area contributed by atoms with Crippen LogP contribution in [0.1, 0.15) is 33.1 Å². The molecule has 0 aromatic rings. The monoisotopic (exact) mass is 146 g/mol. The van der Waals surface area contributed by atoms with Crippen molar-refractivity contribution in [1.29, 1.82) is 0 Å². The molecule has 0 radical (unpaired) electrons. The van der Waals surface area contributed by atoms with Gasteiger partial charge in [-0.25, -0.2) is 0 Å². The van der Waals surface area contributed by atoms with Gasteiger partial charge in [0.1, 0.15) is 0 Å². The van der Waals surface area contributed by atoms with Crippen molar-refractivity contribution in [2.24, 2.45) is 0 Å². The maximum absolute atomic E-state index is 5.71. The third-order valence-electron chi connectivity index (χ3n) is 1.08. The summed E-state index contributed by atoms with van der Waals surface area (Å²) in [5, 5.41) is 0.290. The molecular formula is C8H15Cl. The molecule has 0 rings (SSSR count). The van der Waals surface area contributed by atoms with Gasteiger partial charge in [-0.15, -0.1) is 11.6 Å². The van der Waals surface area contributed by atoms with Crippen molar-refractivity contribution in [1.82, 2.24) is 0 Å². The van der Waals surface area contributed by atoms with Crippen molar-refractivity contribution in [2.75, 3.05) is 0 Å². The Morgan fingerprint density at radius 3 is 2.56 bits per heavy atom. The highest BCUT2D eigenvalue weighted by molar-refractivity contribution is 6.20. The van der Waals surface area contributed by atoms with Gasteiger partial charge in [0.05, 0.1) is 0 Å². The lowest BCUT2D eigenvalue weighted by Gasteiger charge is -1.92. The number of allylic oxidation sites excluding steroid dienone is 2. The van der Waals surface area contributed by atoms with Crippen LogP contribution in [0.15, 0.2) is 12.2 Å². The first kappa shape index (κ1) is 9.03. The summed E-state index contributed by atoms with van der Waals surface area (Å²) >= 11 is 5.71. The first-order valence-corrected chi connectivity index (χ1v) is 4.00. The Bertz CT molecular complexity index is 74.6. The van der Waals surface area contributed by atoms with Gasteiger partial charge in [-0.2, -0.15) is 0 Å². The smallest absolute Gasteiger partial charge is 0.0342 e. The van der Waals surface area contributed by atoms with Crippen LogP contribution in [0, 0.1) is 0 Å². The summed E-state index contributed by atoms with van der Waals surface area (Å²) in [5.74, 6) is 0. The molecule has 54 valence electrons. The highest BCUT2D eigenvalue weighted by Crippen LogP contribution is 2.01. The second-order valence-electron chi connectivity index (χ2n) is 2.28. The van der Waals surface area contributed by atoms with Crippen LogP contribution in [0.25, 0.3) is 0 Å². The minimum Gasteiger partial charge on any atom is -0.123 e. The fraction of sp³-hybridized carbons (Fsp3) is 0.750. The summed E-state index contributed by atoms with van der Waals surface area (Å²) in [7, 11) is 0. The maximum atomic E-state index is 5.71. The molecule has 0 fully saturated rings. The number of hydrogen-bond acceptors (Lipinski definition) is 0. The van der Waals surface area contributed by atoms with Gasteiger partial charge in [-0.1, -0.05) is 25.5 Å². The molecule has 0 heterocycles. The second-order valence-corrected chi connectivity index (χ2v) is 3.02. The van der Waals surface area contributed by atoms with E-state index in [9.17, 15) is 0 Å². The predicted octanol–water partition coefficient (Wildman–Crippen LogP) is 3.36. The van der Waals surface area contributed by atoms with Crippen LogP contribution in [-0.2, 0) is 0 Å². The highest BCUT2D eigenvalue weighted by atomic mass is 35.5. The van der Waals surface area contributed by atoms with Crippen molar-refractivity contribution in [3.05, 3.63) is 12.2 Å². The number of rotatable bonds is 4. The van der Waals surface area contributed by atoms with E-state index in [1.54, 1.807) is 0 Å². The van der Waals surface area contributed by atoms with Crippen LogP contribution < -0.4 is 0 Å². The number of hydrogen-bond donors (Lipinski definition) is 0. The van der Waals surface area contributed by atoms with Crippen molar-refractivity contribution in [3.63, 3.8) is 0 Å². The quantitative estimate of drug-likeness (QED) is 0.422. The Kier molecular flexibility index (Phi) is 6.18. The lowest BCUT2D eigenvalue weighted by molar-refractivity contribution is 0.926. The molecule has 0 nitrogen and oxygen atoms in total. The van der Waals surface area contributed by atoms with Gasteiger partial charge in [0, 0.05) is 5.38 Å². The molecule has 0 spiro atoms. The summed E-state index contributed by atoms with van der Waals surface area (Å²) in [6.07, 6.45) is 7.76. The average Bonchev–Trinajstić information content (AvgIpc) is 1.80. The van der Waals surface area contributed by atoms with Crippen molar-refractivity contribution in [3.8, 4) is 0 Å². The van der Waals surface area contributed by atoms with Gasteiger partial charge in [-0.05, 0) is 19.8 Å². The van der Waals surface area contributed by atoms with Crippen LogP contribution in [-0.4, -0.2) is 5.38 Å². The summed E-state index contributed by atoms with van der Waals surface area (Å²) in [5.41, 5.74) is 0. The minimum atomic E-state index is 0.290. The molecule has 0 aliphatic rings. The molecule has 0 aliphatic heterocycles. The largest absolute Gasteiger partial charge is 0.123 e. The molecule has 1 heteroatoms. The zero-order chi connectivity index (χ0) is 7.11. The Labute approximate surface area is 62.9 Å². The van der Waals surface area contributed by atoms with Crippen molar-refractivity contribution >= 4 is 11.6 Å². The Morgan fingerprint density at radius 2 is 2.11 bits per heavy atom. The SMILES string of the molecule is CCC/C=C/CC(C)Cl. The number of halogens is 1. The first-order valence-electron chi connectivity index (χ1n) is 3.56. The Balaban J connectivity index is 3.04. The molecule has 1 unspecified atom stereocenters. The third-order valence-corrected chi connectivity index (χ3v) is 1.26. The van der Waals surface area contributed by atoms with Crippen LogP contribution in [0.4, 0.5) is 0 Å². The van der Waals surface area contributed by atoms with E-state index >= 15 is 0 Å². The van der Waals surface area contributed by atoms with Crippen molar-refractivity contribution in [2.45, 2.75) is 38.5 Å². The van der Waals surface area contributed by atoms with Gasteiger partial charge in [0.25, 0.3) is 0 Å². The van der Waals surface area contributed by atoms with E-state index < -0.39 is 0 Å². The summed E-state index contributed by atoms with van der Waals surface area (Å²) in [6, 6.07) is 0. The molecule has 0 aliphatic carbocycles. The molecule has 0 aromatic carbocycles. The van der Waals surface area contributed by atoms with Crippen LogP contribution >= 0.6 is 11.6 Å². The molecule has 0 amide bonds. The van der Waals surface area contributed by atoms with E-state index in [1.165, 1.54) is 12.8 Å². The molecule has 0 N–H and O–H groups in total. The number of unbranched alkanes of at least 4 members (excludes halogenated alkanes) is 1. The van der Waals surface area contributed by atoms with E-state index in [1.807, 2.05) is 6.92 Å². The molecule has 0 bridgehead atoms. The minimum absolute atomic E-state index is 0.290. The molecular weight excluding hydrogens is 132 g/mol.